The molecule has 8 heteroatoms. The molecule has 0 radical (unpaired) electrons. The molecule has 2 aliphatic heterocycles. The van der Waals surface area contributed by atoms with Gasteiger partial charge in [-0.3, -0.25) is 4.90 Å². The smallest absolute Gasteiger partial charge is 0.411 e. The third-order valence-electron chi connectivity index (χ3n) is 4.46. The predicted octanol–water partition coefficient (Wildman–Crippen LogP) is 2.00. The summed E-state index contributed by atoms with van der Waals surface area (Å²) in [5.41, 5.74) is 8.51. The summed E-state index contributed by atoms with van der Waals surface area (Å²) in [6.07, 6.45) is -0.675. The van der Waals surface area contributed by atoms with Gasteiger partial charge in [0, 0.05) is 12.0 Å². The monoisotopic (exact) mass is 349 g/mol. The number of ether oxygens (including phenoxy) is 2. The molecule has 0 saturated carbocycles. The minimum Gasteiger partial charge on any atom is -0.480 e. The number of anilines is 1. The maximum Gasteiger partial charge on any atom is 0.411 e. The second kappa shape index (κ2) is 5.87. The van der Waals surface area contributed by atoms with E-state index in [4.69, 9.17) is 15.2 Å². The Hall–Kier alpha value is -2.35. The van der Waals surface area contributed by atoms with Crippen LogP contribution in [-0.4, -0.2) is 38.7 Å². The Labute approximate surface area is 145 Å². The van der Waals surface area contributed by atoms with Crippen molar-refractivity contribution in [1.29, 1.82) is 0 Å². The van der Waals surface area contributed by atoms with Crippen molar-refractivity contribution < 1.29 is 24.2 Å². The molecule has 0 saturated heterocycles. The van der Waals surface area contributed by atoms with Gasteiger partial charge in [-0.1, -0.05) is 0 Å². The molecular weight excluding hydrogens is 326 g/mol. The van der Waals surface area contributed by atoms with Crippen LogP contribution in [0.1, 0.15) is 56.2 Å². The summed E-state index contributed by atoms with van der Waals surface area (Å²) in [4.78, 5) is 29.8. The summed E-state index contributed by atoms with van der Waals surface area (Å²) < 4.78 is 11.0. The molecule has 0 unspecified atom stereocenters. The fraction of sp³-hybridized carbons (Fsp3) is 0.588. The second-order valence-corrected chi connectivity index (χ2v) is 7.43. The lowest BCUT2D eigenvalue weighted by atomic mass is 9.91. The van der Waals surface area contributed by atoms with Gasteiger partial charge in [0.1, 0.15) is 17.5 Å². The van der Waals surface area contributed by atoms with Crippen molar-refractivity contribution in [2.24, 2.45) is 0 Å². The molecular formula is C17H23N3O5. The molecule has 3 N–H and O–H groups in total. The van der Waals surface area contributed by atoms with E-state index in [2.05, 4.69) is 4.98 Å². The van der Waals surface area contributed by atoms with Crippen LogP contribution in [0.25, 0.3) is 0 Å². The van der Waals surface area contributed by atoms with E-state index in [0.29, 0.717) is 18.1 Å². The average Bonchev–Trinajstić information content (AvgIpc) is 2.87. The first-order valence-electron chi connectivity index (χ1n) is 8.22. The highest BCUT2D eigenvalue weighted by Gasteiger charge is 2.40. The molecule has 25 heavy (non-hydrogen) atoms. The number of aliphatic carboxylic acids is 1. The minimum atomic E-state index is -1.07. The number of nitrogens with two attached hydrogens (primary N) is 1. The number of nitrogen functional groups attached to an aromatic ring is 1. The summed E-state index contributed by atoms with van der Waals surface area (Å²) >= 11 is 0. The number of hydrogen-bond acceptors (Lipinski definition) is 6. The van der Waals surface area contributed by atoms with Crippen molar-refractivity contribution in [2.45, 2.75) is 65.0 Å². The second-order valence-electron chi connectivity index (χ2n) is 7.43. The van der Waals surface area contributed by atoms with Crippen LogP contribution < -0.4 is 5.73 Å². The van der Waals surface area contributed by atoms with Crippen molar-refractivity contribution in [3.63, 3.8) is 0 Å². The zero-order chi connectivity index (χ0) is 18.5. The van der Waals surface area contributed by atoms with Gasteiger partial charge in [0.05, 0.1) is 24.9 Å². The van der Waals surface area contributed by atoms with Gasteiger partial charge < -0.3 is 20.3 Å². The van der Waals surface area contributed by atoms with E-state index >= 15 is 0 Å². The van der Waals surface area contributed by atoms with Crippen molar-refractivity contribution in [3.05, 3.63) is 22.4 Å². The SMILES string of the molecule is C[C@H]1OCc2c3c(nc(N)c21)CN(C(=O)OC(C)(C)C)[C@@H](C(=O)O)C3. The molecule has 0 spiro atoms. The molecule has 0 aromatic carbocycles. The number of amides is 1. The van der Waals surface area contributed by atoms with E-state index in [1.807, 2.05) is 6.92 Å². The minimum absolute atomic E-state index is 0.0487. The lowest BCUT2D eigenvalue weighted by Crippen LogP contribution is -2.50. The van der Waals surface area contributed by atoms with Gasteiger partial charge in [-0.25, -0.2) is 14.6 Å². The first-order valence-corrected chi connectivity index (χ1v) is 8.22. The Balaban J connectivity index is 2.00. The number of carbonyl (C=O) groups excluding carboxylic acids is 1. The van der Waals surface area contributed by atoms with E-state index in [9.17, 15) is 14.7 Å². The van der Waals surface area contributed by atoms with Gasteiger partial charge in [-0.15, -0.1) is 0 Å². The van der Waals surface area contributed by atoms with E-state index in [1.54, 1.807) is 20.8 Å². The maximum atomic E-state index is 12.5. The fourth-order valence-corrected chi connectivity index (χ4v) is 3.35. The Morgan fingerprint density at radius 1 is 1.36 bits per heavy atom. The van der Waals surface area contributed by atoms with Crippen LogP contribution in [0.2, 0.25) is 0 Å². The third kappa shape index (κ3) is 3.13. The Bertz CT molecular complexity index is 741. The van der Waals surface area contributed by atoms with E-state index < -0.39 is 23.7 Å². The quantitative estimate of drug-likeness (QED) is 0.796. The molecule has 1 amide bonds. The Morgan fingerprint density at radius 2 is 2.04 bits per heavy atom. The molecule has 0 fully saturated rings. The van der Waals surface area contributed by atoms with Crippen LogP contribution in [0.3, 0.4) is 0 Å². The summed E-state index contributed by atoms with van der Waals surface area (Å²) in [6.45, 7) is 7.53. The summed E-state index contributed by atoms with van der Waals surface area (Å²) in [7, 11) is 0. The van der Waals surface area contributed by atoms with Crippen LogP contribution in [0, 0.1) is 0 Å². The lowest BCUT2D eigenvalue weighted by molar-refractivity contribution is -0.143. The van der Waals surface area contributed by atoms with Gasteiger partial charge in [-0.05, 0) is 38.8 Å². The first-order chi connectivity index (χ1) is 11.6. The van der Waals surface area contributed by atoms with Crippen LogP contribution in [-0.2, 0) is 33.8 Å². The number of rotatable bonds is 1. The van der Waals surface area contributed by atoms with Gasteiger partial charge in [0.15, 0.2) is 0 Å². The Kier molecular flexibility index (Phi) is 4.10. The highest BCUT2D eigenvalue weighted by Crippen LogP contribution is 2.39. The van der Waals surface area contributed by atoms with Gasteiger partial charge >= 0.3 is 12.1 Å². The van der Waals surface area contributed by atoms with E-state index in [0.717, 1.165) is 16.7 Å². The fourth-order valence-electron chi connectivity index (χ4n) is 3.35. The van der Waals surface area contributed by atoms with Gasteiger partial charge in [0.25, 0.3) is 0 Å². The topological polar surface area (TPSA) is 115 Å². The average molecular weight is 349 g/mol. The number of aromatic nitrogens is 1. The normalized spacial score (nSPS) is 22.3. The highest BCUT2D eigenvalue weighted by atomic mass is 16.6. The number of nitrogens with zero attached hydrogens (tertiary/aromatic N) is 2. The molecule has 136 valence electrons. The molecule has 0 aliphatic carbocycles. The lowest BCUT2D eigenvalue weighted by Gasteiger charge is -2.35. The number of carbonyl (C=O) groups is 2. The van der Waals surface area contributed by atoms with Crippen molar-refractivity contribution in [3.8, 4) is 0 Å². The summed E-state index contributed by atoms with van der Waals surface area (Å²) in [5, 5.41) is 9.61. The molecule has 1 aromatic rings. The number of hydrogen-bond donors (Lipinski definition) is 2. The van der Waals surface area contributed by atoms with E-state index in [-0.39, 0.29) is 19.1 Å². The van der Waals surface area contributed by atoms with E-state index in [1.165, 1.54) is 4.90 Å². The van der Waals surface area contributed by atoms with Crippen LogP contribution >= 0.6 is 0 Å². The van der Waals surface area contributed by atoms with Crippen molar-refractivity contribution in [2.75, 3.05) is 5.73 Å². The standard InChI is InChI=1S/C17H23N3O5/c1-8-13-10(7-24-8)9-5-12(15(21)22)20(6-11(9)19-14(13)18)16(23)25-17(2,3)4/h8,12H,5-7H2,1-4H3,(H2,18,19)(H,21,22)/t8-,12-/m1/s1. The number of carboxylic acids is 1. The zero-order valence-electron chi connectivity index (χ0n) is 14.8. The zero-order valence-corrected chi connectivity index (χ0v) is 14.8. The van der Waals surface area contributed by atoms with Crippen molar-refractivity contribution in [1.82, 2.24) is 9.88 Å². The van der Waals surface area contributed by atoms with Gasteiger partial charge in [0.2, 0.25) is 0 Å². The molecule has 3 rings (SSSR count). The number of carboxylic acid groups (broad SMARTS) is 1. The largest absolute Gasteiger partial charge is 0.480 e. The third-order valence-corrected chi connectivity index (χ3v) is 4.46. The first kappa shape index (κ1) is 17.5. The number of pyridine rings is 1. The molecule has 0 bridgehead atoms. The van der Waals surface area contributed by atoms with Gasteiger partial charge in [-0.2, -0.15) is 0 Å². The molecule has 1 aromatic heterocycles. The predicted molar refractivity (Wildman–Crippen MR) is 88.8 cm³/mol. The summed E-state index contributed by atoms with van der Waals surface area (Å²) in [6, 6.07) is -1.01. The molecule has 8 nitrogen and oxygen atoms in total. The molecule has 2 aliphatic rings. The molecule has 3 heterocycles. The van der Waals surface area contributed by atoms with Crippen LogP contribution in [0.4, 0.5) is 10.6 Å². The van der Waals surface area contributed by atoms with Crippen molar-refractivity contribution >= 4 is 17.9 Å². The highest BCUT2D eigenvalue weighted by molar-refractivity contribution is 5.81. The summed E-state index contributed by atoms with van der Waals surface area (Å²) in [5.74, 6) is -0.703. The Morgan fingerprint density at radius 3 is 2.64 bits per heavy atom. The van der Waals surface area contributed by atoms with Crippen LogP contribution in [0.15, 0.2) is 0 Å². The van der Waals surface area contributed by atoms with Crippen LogP contribution in [0.5, 0.6) is 0 Å². The number of fused-ring (bicyclic) bond motifs is 3. The molecule has 2 atom stereocenters. The maximum absolute atomic E-state index is 12.5.